The molecular formula is C18H20O2. The summed E-state index contributed by atoms with van der Waals surface area (Å²) in [6.45, 7) is 7.59. The van der Waals surface area contributed by atoms with Gasteiger partial charge in [0.15, 0.2) is 0 Å². The third kappa shape index (κ3) is 1.52. The highest BCUT2D eigenvalue weighted by Crippen LogP contribution is 2.49. The fraction of sp³-hybridized carbons (Fsp3) is 0.333. The van der Waals surface area contributed by atoms with Crippen LogP contribution in [0.2, 0.25) is 0 Å². The molecule has 2 heteroatoms. The molecular weight excluding hydrogens is 248 g/mol. The Balaban J connectivity index is 2.49. The van der Waals surface area contributed by atoms with E-state index in [2.05, 4.69) is 0 Å². The summed E-state index contributed by atoms with van der Waals surface area (Å²) in [7, 11) is 0. The molecule has 0 radical (unpaired) electrons. The van der Waals surface area contributed by atoms with E-state index in [-0.39, 0.29) is 0 Å². The predicted molar refractivity (Wildman–Crippen MR) is 79.7 cm³/mol. The molecule has 0 saturated heterocycles. The van der Waals surface area contributed by atoms with E-state index in [0.717, 1.165) is 33.4 Å². The molecule has 2 atom stereocenters. The minimum Gasteiger partial charge on any atom is -0.381 e. The molecule has 0 spiro atoms. The standard InChI is InChI=1S/C18H20O2/c1-11-9-10-12(2)16-15(11)17(3,19)13-7-5-6-8-14(13)18(16,4)20/h5-10,19-20H,1-4H3/t17-,18+. The Kier molecular flexibility index (Phi) is 2.63. The third-order valence-corrected chi connectivity index (χ3v) is 4.57. The van der Waals surface area contributed by atoms with Crippen LogP contribution in [0.3, 0.4) is 0 Å². The molecule has 0 aliphatic heterocycles. The summed E-state index contributed by atoms with van der Waals surface area (Å²) in [6.07, 6.45) is 0. The lowest BCUT2D eigenvalue weighted by molar-refractivity contribution is 0.0498. The highest BCUT2D eigenvalue weighted by atomic mass is 16.3. The first-order valence-electron chi connectivity index (χ1n) is 6.94. The van der Waals surface area contributed by atoms with Gasteiger partial charge >= 0.3 is 0 Å². The Morgan fingerprint density at radius 1 is 0.700 bits per heavy atom. The van der Waals surface area contributed by atoms with Crippen LogP contribution in [0.15, 0.2) is 36.4 Å². The third-order valence-electron chi connectivity index (χ3n) is 4.57. The molecule has 3 rings (SSSR count). The molecule has 1 aliphatic rings. The van der Waals surface area contributed by atoms with Gasteiger partial charge in [-0.15, -0.1) is 0 Å². The van der Waals surface area contributed by atoms with Crippen LogP contribution in [0.4, 0.5) is 0 Å². The summed E-state index contributed by atoms with van der Waals surface area (Å²) >= 11 is 0. The van der Waals surface area contributed by atoms with Crippen molar-refractivity contribution in [2.45, 2.75) is 38.9 Å². The van der Waals surface area contributed by atoms with E-state index < -0.39 is 11.2 Å². The zero-order valence-electron chi connectivity index (χ0n) is 12.4. The van der Waals surface area contributed by atoms with E-state index in [4.69, 9.17) is 0 Å². The van der Waals surface area contributed by atoms with Crippen molar-refractivity contribution < 1.29 is 10.2 Å². The summed E-state index contributed by atoms with van der Waals surface area (Å²) in [5.74, 6) is 0. The first-order chi connectivity index (χ1) is 9.28. The number of fused-ring (bicyclic) bond motifs is 2. The van der Waals surface area contributed by atoms with Crippen LogP contribution in [0, 0.1) is 13.8 Å². The first-order valence-corrected chi connectivity index (χ1v) is 6.94. The Labute approximate surface area is 119 Å². The van der Waals surface area contributed by atoms with Crippen LogP contribution >= 0.6 is 0 Å². The van der Waals surface area contributed by atoms with Gasteiger partial charge in [0.2, 0.25) is 0 Å². The van der Waals surface area contributed by atoms with Gasteiger partial charge in [0.25, 0.3) is 0 Å². The molecule has 0 bridgehead atoms. The van der Waals surface area contributed by atoms with Gasteiger partial charge in [-0.2, -0.15) is 0 Å². The van der Waals surface area contributed by atoms with Crippen LogP contribution in [-0.4, -0.2) is 10.2 Å². The van der Waals surface area contributed by atoms with Gasteiger partial charge in [0, 0.05) is 0 Å². The zero-order valence-corrected chi connectivity index (χ0v) is 12.4. The molecule has 2 aromatic rings. The minimum absolute atomic E-state index is 0.784. The molecule has 0 heterocycles. The molecule has 0 amide bonds. The van der Waals surface area contributed by atoms with Crippen molar-refractivity contribution >= 4 is 0 Å². The normalized spacial score (nSPS) is 27.9. The number of benzene rings is 2. The SMILES string of the molecule is Cc1ccc(C)c2c1[C@@](C)(O)c1ccccc1[C@@]2(C)O. The van der Waals surface area contributed by atoms with Gasteiger partial charge in [-0.25, -0.2) is 0 Å². The maximum Gasteiger partial charge on any atom is 0.113 e. The fourth-order valence-electron chi connectivity index (χ4n) is 3.67. The monoisotopic (exact) mass is 268 g/mol. The van der Waals surface area contributed by atoms with Crippen molar-refractivity contribution in [2.24, 2.45) is 0 Å². The number of hydrogen-bond acceptors (Lipinski definition) is 2. The molecule has 0 unspecified atom stereocenters. The van der Waals surface area contributed by atoms with Gasteiger partial charge in [-0.05, 0) is 61.1 Å². The smallest absolute Gasteiger partial charge is 0.113 e. The Hall–Kier alpha value is -1.64. The number of rotatable bonds is 0. The van der Waals surface area contributed by atoms with Crippen molar-refractivity contribution in [1.29, 1.82) is 0 Å². The predicted octanol–water partition coefficient (Wildman–Crippen LogP) is 3.13. The van der Waals surface area contributed by atoms with Gasteiger partial charge in [0.1, 0.15) is 11.2 Å². The zero-order chi connectivity index (χ0) is 14.7. The van der Waals surface area contributed by atoms with Crippen molar-refractivity contribution in [3.63, 3.8) is 0 Å². The fourth-order valence-corrected chi connectivity index (χ4v) is 3.67. The van der Waals surface area contributed by atoms with E-state index in [9.17, 15) is 10.2 Å². The summed E-state index contributed by atoms with van der Waals surface area (Å²) in [5.41, 5.74) is 3.09. The average Bonchev–Trinajstić information content (AvgIpc) is 2.39. The molecule has 20 heavy (non-hydrogen) atoms. The second-order valence-corrected chi connectivity index (χ2v) is 6.14. The molecule has 2 N–H and O–H groups in total. The largest absolute Gasteiger partial charge is 0.381 e. The van der Waals surface area contributed by atoms with Crippen LogP contribution < -0.4 is 0 Å². The maximum absolute atomic E-state index is 11.1. The van der Waals surface area contributed by atoms with E-state index in [1.165, 1.54) is 0 Å². The van der Waals surface area contributed by atoms with Gasteiger partial charge in [0.05, 0.1) is 0 Å². The summed E-state index contributed by atoms with van der Waals surface area (Å²) in [6, 6.07) is 11.6. The van der Waals surface area contributed by atoms with Crippen molar-refractivity contribution in [3.8, 4) is 0 Å². The van der Waals surface area contributed by atoms with Crippen molar-refractivity contribution in [3.05, 3.63) is 69.8 Å². The quantitative estimate of drug-likeness (QED) is 0.770. The highest BCUT2D eigenvalue weighted by molar-refractivity contribution is 5.60. The molecule has 104 valence electrons. The Morgan fingerprint density at radius 2 is 1.05 bits per heavy atom. The molecule has 0 fully saturated rings. The van der Waals surface area contributed by atoms with Crippen LogP contribution in [0.5, 0.6) is 0 Å². The van der Waals surface area contributed by atoms with Gasteiger partial charge in [-0.1, -0.05) is 36.4 Å². The summed E-state index contributed by atoms with van der Waals surface area (Å²) in [4.78, 5) is 0. The molecule has 0 saturated carbocycles. The van der Waals surface area contributed by atoms with Gasteiger partial charge < -0.3 is 10.2 Å². The number of aliphatic hydroxyl groups is 2. The van der Waals surface area contributed by atoms with Gasteiger partial charge in [-0.3, -0.25) is 0 Å². The highest BCUT2D eigenvalue weighted by Gasteiger charge is 2.45. The van der Waals surface area contributed by atoms with Crippen LogP contribution in [0.25, 0.3) is 0 Å². The Morgan fingerprint density at radius 3 is 1.40 bits per heavy atom. The van der Waals surface area contributed by atoms with E-state index in [0.29, 0.717) is 0 Å². The summed E-state index contributed by atoms with van der Waals surface area (Å²) in [5, 5.41) is 22.2. The van der Waals surface area contributed by atoms with Crippen LogP contribution in [0.1, 0.15) is 47.2 Å². The lowest BCUT2D eigenvalue weighted by atomic mass is 9.66. The second-order valence-electron chi connectivity index (χ2n) is 6.14. The minimum atomic E-state index is -1.08. The second kappa shape index (κ2) is 3.94. The van der Waals surface area contributed by atoms with E-state index in [1.807, 2.05) is 64.1 Å². The topological polar surface area (TPSA) is 40.5 Å². The number of hydrogen-bond donors (Lipinski definition) is 2. The first kappa shape index (κ1) is 13.3. The Bertz CT molecular complexity index is 637. The molecule has 1 aliphatic carbocycles. The lowest BCUT2D eigenvalue weighted by Crippen LogP contribution is -2.41. The van der Waals surface area contributed by atoms with E-state index in [1.54, 1.807) is 0 Å². The number of aryl methyl sites for hydroxylation is 2. The lowest BCUT2D eigenvalue weighted by Gasteiger charge is -2.43. The molecule has 2 nitrogen and oxygen atoms in total. The molecule has 0 aromatic heterocycles. The van der Waals surface area contributed by atoms with Crippen molar-refractivity contribution in [2.75, 3.05) is 0 Å². The van der Waals surface area contributed by atoms with Crippen molar-refractivity contribution in [1.82, 2.24) is 0 Å². The molecule has 2 aromatic carbocycles. The van der Waals surface area contributed by atoms with Crippen LogP contribution in [-0.2, 0) is 11.2 Å². The van der Waals surface area contributed by atoms with E-state index >= 15 is 0 Å². The maximum atomic E-state index is 11.1. The summed E-state index contributed by atoms with van der Waals surface area (Å²) < 4.78 is 0. The average molecular weight is 268 g/mol.